The van der Waals surface area contributed by atoms with Crippen LogP contribution in [0.1, 0.15) is 19.3 Å². The van der Waals surface area contributed by atoms with Crippen LogP contribution in [0.5, 0.6) is 5.75 Å². The smallest absolute Gasteiger partial charge is 0.248 e. The lowest BCUT2D eigenvalue weighted by Gasteiger charge is -2.22. The second-order valence-corrected chi connectivity index (χ2v) is 8.07. The number of quaternary nitrogens is 1. The van der Waals surface area contributed by atoms with Crippen molar-refractivity contribution in [3.05, 3.63) is 18.2 Å². The molecule has 0 radical (unpaired) electrons. The Labute approximate surface area is 167 Å². The Morgan fingerprint density at radius 3 is 2.64 bits per heavy atom. The van der Waals surface area contributed by atoms with E-state index < -0.39 is 0 Å². The highest BCUT2D eigenvalue weighted by Crippen LogP contribution is 2.31. The van der Waals surface area contributed by atoms with E-state index in [1.807, 2.05) is 18.2 Å². The Balaban J connectivity index is 1.84. The molecule has 2 heterocycles. The molecule has 1 aromatic heterocycles. The predicted octanol–water partition coefficient (Wildman–Crippen LogP) is 0.322. The van der Waals surface area contributed by atoms with Gasteiger partial charge in [0.15, 0.2) is 5.13 Å². The first-order valence-electron chi connectivity index (χ1n) is 9.26. The van der Waals surface area contributed by atoms with Crippen LogP contribution in [0, 0.1) is 0 Å². The lowest BCUT2D eigenvalue weighted by atomic mass is 10.3. The van der Waals surface area contributed by atoms with Crippen molar-refractivity contribution in [2.45, 2.75) is 19.3 Å². The number of hydrogen-bond acceptors (Lipinski definition) is 6. The largest absolute Gasteiger partial charge is 0.497 e. The molecule has 1 aromatic carbocycles. The van der Waals surface area contributed by atoms with Crippen molar-refractivity contribution in [2.24, 2.45) is 0 Å². The van der Waals surface area contributed by atoms with Gasteiger partial charge in [-0.3, -0.25) is 24.2 Å². The Hall–Kier alpha value is -2.52. The van der Waals surface area contributed by atoms with Crippen LogP contribution in [0.15, 0.2) is 18.2 Å². The van der Waals surface area contributed by atoms with Gasteiger partial charge in [0, 0.05) is 31.9 Å². The highest BCUT2D eigenvalue weighted by Gasteiger charge is 2.32. The fourth-order valence-electron chi connectivity index (χ4n) is 3.08. The molecule has 150 valence electrons. The number of aromatic nitrogens is 1. The van der Waals surface area contributed by atoms with Crippen LogP contribution in [-0.2, 0) is 14.4 Å². The molecule has 0 aliphatic carbocycles. The second-order valence-electron chi connectivity index (χ2n) is 7.06. The second kappa shape index (κ2) is 8.66. The Morgan fingerprint density at radius 1 is 1.29 bits per heavy atom. The number of carbonyl (C=O) groups is 3. The summed E-state index contributed by atoms with van der Waals surface area (Å²) in [6.45, 7) is 1.15. The zero-order valence-electron chi connectivity index (χ0n) is 16.4. The summed E-state index contributed by atoms with van der Waals surface area (Å²) in [6.07, 6.45) is 1.14. The van der Waals surface area contributed by atoms with Gasteiger partial charge in [0.2, 0.25) is 17.7 Å². The molecule has 0 saturated carbocycles. The van der Waals surface area contributed by atoms with Crippen molar-refractivity contribution in [3.8, 4) is 5.75 Å². The molecule has 0 atom stereocenters. The summed E-state index contributed by atoms with van der Waals surface area (Å²) in [7, 11) is 5.70. The van der Waals surface area contributed by atoms with Crippen LogP contribution in [0.2, 0.25) is 0 Å². The SMILES string of the molecule is COc1ccc2sc(N(CCC[NH+](C)C)C(=O)CN3C(=O)CCC3=O)nc2c1. The van der Waals surface area contributed by atoms with Gasteiger partial charge in [-0.1, -0.05) is 11.3 Å². The summed E-state index contributed by atoms with van der Waals surface area (Å²) < 4.78 is 6.19. The van der Waals surface area contributed by atoms with E-state index in [0.29, 0.717) is 17.4 Å². The van der Waals surface area contributed by atoms with E-state index >= 15 is 0 Å². The monoisotopic (exact) mass is 405 g/mol. The van der Waals surface area contributed by atoms with Crippen molar-refractivity contribution >= 4 is 44.4 Å². The van der Waals surface area contributed by atoms with Crippen molar-refractivity contribution in [3.63, 3.8) is 0 Å². The average Bonchev–Trinajstić information content (AvgIpc) is 3.22. The maximum atomic E-state index is 13.0. The molecule has 1 aliphatic heterocycles. The number of likely N-dealkylation sites (tertiary alicyclic amines) is 1. The van der Waals surface area contributed by atoms with Crippen LogP contribution >= 0.6 is 11.3 Å². The van der Waals surface area contributed by atoms with Gasteiger partial charge in [-0.15, -0.1) is 0 Å². The summed E-state index contributed by atoms with van der Waals surface area (Å²) in [4.78, 5) is 45.3. The Kier molecular flexibility index (Phi) is 6.25. The normalized spacial score (nSPS) is 14.4. The van der Waals surface area contributed by atoms with Gasteiger partial charge >= 0.3 is 0 Å². The molecule has 0 spiro atoms. The molecule has 0 bridgehead atoms. The predicted molar refractivity (Wildman–Crippen MR) is 107 cm³/mol. The van der Waals surface area contributed by atoms with Crippen LogP contribution in [0.3, 0.4) is 0 Å². The van der Waals surface area contributed by atoms with E-state index in [4.69, 9.17) is 4.74 Å². The number of nitrogens with one attached hydrogen (secondary N) is 1. The number of hydrogen-bond donors (Lipinski definition) is 1. The van der Waals surface area contributed by atoms with Gasteiger partial charge in [0.25, 0.3) is 0 Å². The number of benzene rings is 1. The number of ether oxygens (including phenoxy) is 1. The van der Waals surface area contributed by atoms with Crippen LogP contribution in [0.4, 0.5) is 5.13 Å². The zero-order valence-corrected chi connectivity index (χ0v) is 17.2. The van der Waals surface area contributed by atoms with Crippen molar-refractivity contribution in [2.75, 3.05) is 45.7 Å². The highest BCUT2D eigenvalue weighted by atomic mass is 32.1. The van der Waals surface area contributed by atoms with E-state index in [9.17, 15) is 14.4 Å². The average molecular weight is 406 g/mol. The highest BCUT2D eigenvalue weighted by molar-refractivity contribution is 7.22. The van der Waals surface area contributed by atoms with Gasteiger partial charge in [0.05, 0.1) is 38.0 Å². The van der Waals surface area contributed by atoms with Crippen LogP contribution in [-0.4, -0.2) is 68.4 Å². The van der Waals surface area contributed by atoms with E-state index in [-0.39, 0.29) is 37.1 Å². The van der Waals surface area contributed by atoms with Crippen LogP contribution < -0.4 is 14.5 Å². The lowest BCUT2D eigenvalue weighted by molar-refractivity contribution is -0.858. The maximum absolute atomic E-state index is 13.0. The first-order chi connectivity index (χ1) is 13.4. The number of carbonyl (C=O) groups excluding carboxylic acids is 3. The van der Waals surface area contributed by atoms with E-state index in [0.717, 1.165) is 28.1 Å². The van der Waals surface area contributed by atoms with Gasteiger partial charge < -0.3 is 9.64 Å². The van der Waals surface area contributed by atoms with E-state index in [2.05, 4.69) is 19.1 Å². The third-order valence-electron chi connectivity index (χ3n) is 4.62. The third kappa shape index (κ3) is 4.48. The molecule has 1 fully saturated rings. The summed E-state index contributed by atoms with van der Waals surface area (Å²) in [5.74, 6) is -0.162. The molecular formula is C19H25N4O4S+. The summed E-state index contributed by atoms with van der Waals surface area (Å²) in [5.41, 5.74) is 0.753. The van der Waals surface area contributed by atoms with Gasteiger partial charge in [-0.25, -0.2) is 4.98 Å². The molecule has 3 amide bonds. The van der Waals surface area contributed by atoms with Crippen LogP contribution in [0.25, 0.3) is 10.2 Å². The molecule has 28 heavy (non-hydrogen) atoms. The van der Waals surface area contributed by atoms with Gasteiger partial charge in [-0.2, -0.15) is 0 Å². The van der Waals surface area contributed by atoms with Crippen molar-refractivity contribution in [1.82, 2.24) is 9.88 Å². The van der Waals surface area contributed by atoms with E-state index in [1.54, 1.807) is 12.0 Å². The maximum Gasteiger partial charge on any atom is 0.248 e. The molecule has 1 saturated heterocycles. The number of nitrogens with zero attached hydrogens (tertiary/aromatic N) is 3. The molecule has 8 nitrogen and oxygen atoms in total. The number of rotatable bonds is 8. The molecule has 9 heteroatoms. The standard InChI is InChI=1S/C19H24N4O4S/c1-21(2)9-4-10-22(18(26)12-23-16(24)7-8-17(23)25)19-20-14-11-13(27-3)5-6-15(14)28-19/h5-6,11H,4,7-10,12H2,1-3H3/p+1. The first kappa shape index (κ1) is 20.2. The Morgan fingerprint density at radius 2 is 2.00 bits per heavy atom. The number of fused-ring (bicyclic) bond motifs is 1. The summed E-state index contributed by atoms with van der Waals surface area (Å²) in [6, 6.07) is 5.60. The first-order valence-corrected chi connectivity index (χ1v) is 10.1. The molecular weight excluding hydrogens is 380 g/mol. The molecule has 1 N–H and O–H groups in total. The lowest BCUT2D eigenvalue weighted by Crippen LogP contribution is -3.05. The van der Waals surface area contributed by atoms with Crippen molar-refractivity contribution < 1.29 is 24.0 Å². The number of amides is 3. The number of methoxy groups -OCH3 is 1. The molecule has 0 unspecified atom stereocenters. The minimum atomic E-state index is -0.289. The minimum absolute atomic E-state index is 0.178. The summed E-state index contributed by atoms with van der Waals surface area (Å²) >= 11 is 1.41. The number of anilines is 1. The fraction of sp³-hybridized carbons (Fsp3) is 0.474. The topological polar surface area (TPSA) is 84.3 Å². The minimum Gasteiger partial charge on any atom is -0.497 e. The van der Waals surface area contributed by atoms with Gasteiger partial charge in [-0.05, 0) is 12.1 Å². The Bertz CT molecular complexity index is 879. The number of imide groups is 1. The molecule has 2 aromatic rings. The fourth-order valence-corrected chi connectivity index (χ4v) is 4.06. The van der Waals surface area contributed by atoms with Gasteiger partial charge in [0.1, 0.15) is 12.3 Å². The quantitative estimate of drug-likeness (QED) is 0.640. The van der Waals surface area contributed by atoms with E-state index in [1.165, 1.54) is 16.2 Å². The zero-order chi connectivity index (χ0) is 20.3. The molecule has 1 aliphatic rings. The molecule has 3 rings (SSSR count). The number of thiazole rings is 1. The third-order valence-corrected chi connectivity index (χ3v) is 5.68. The summed E-state index contributed by atoms with van der Waals surface area (Å²) in [5, 5.41) is 0.570. The van der Waals surface area contributed by atoms with Crippen molar-refractivity contribution in [1.29, 1.82) is 0 Å².